The minimum atomic E-state index is 0.299. The van der Waals surface area contributed by atoms with Crippen LogP contribution in [-0.2, 0) is 4.79 Å². The van der Waals surface area contributed by atoms with E-state index in [2.05, 4.69) is 65.0 Å². The SMILES string of the molecule is CC1=C(/C=C/C(C)=C\C=C\[C@H](C)CC=O)C(C)(C)CCC1. The van der Waals surface area contributed by atoms with Gasteiger partial charge >= 0.3 is 0 Å². The Hall–Kier alpha value is -1.37. The van der Waals surface area contributed by atoms with Crippen LogP contribution in [0.5, 0.6) is 0 Å². The smallest absolute Gasteiger partial charge is 0.120 e. The average molecular weight is 286 g/mol. The molecule has 0 heterocycles. The lowest BCUT2D eigenvalue weighted by molar-refractivity contribution is -0.108. The maximum absolute atomic E-state index is 10.4. The van der Waals surface area contributed by atoms with Crippen LogP contribution in [0.2, 0.25) is 0 Å². The van der Waals surface area contributed by atoms with Crippen LogP contribution >= 0.6 is 0 Å². The summed E-state index contributed by atoms with van der Waals surface area (Å²) in [6.45, 7) is 11.1. The molecule has 0 radical (unpaired) electrons. The summed E-state index contributed by atoms with van der Waals surface area (Å²) in [5.41, 5.74) is 4.57. The van der Waals surface area contributed by atoms with Crippen molar-refractivity contribution < 1.29 is 4.79 Å². The predicted octanol–water partition coefficient (Wildman–Crippen LogP) is 5.80. The number of carbonyl (C=O) groups excluding carboxylic acids is 1. The van der Waals surface area contributed by atoms with Gasteiger partial charge in [0.05, 0.1) is 0 Å². The molecule has 0 aliphatic heterocycles. The fraction of sp³-hybridized carbons (Fsp3) is 0.550. The normalized spacial score (nSPS) is 21.3. The van der Waals surface area contributed by atoms with E-state index in [-0.39, 0.29) is 0 Å². The monoisotopic (exact) mass is 286 g/mol. The Morgan fingerprint density at radius 1 is 1.38 bits per heavy atom. The Bertz CT molecular complexity index is 472. The highest BCUT2D eigenvalue weighted by Gasteiger charge is 2.26. The summed E-state index contributed by atoms with van der Waals surface area (Å²) in [5, 5.41) is 0. The number of hydrogen-bond donors (Lipinski definition) is 0. The van der Waals surface area contributed by atoms with Crippen molar-refractivity contribution in [2.45, 2.75) is 60.3 Å². The molecule has 0 amide bonds. The molecule has 1 nitrogen and oxygen atoms in total. The largest absolute Gasteiger partial charge is 0.303 e. The highest BCUT2D eigenvalue weighted by Crippen LogP contribution is 2.40. The second-order valence-corrected chi connectivity index (χ2v) is 6.94. The predicted molar refractivity (Wildman–Crippen MR) is 92.2 cm³/mol. The van der Waals surface area contributed by atoms with Crippen LogP contribution in [0.1, 0.15) is 60.3 Å². The van der Waals surface area contributed by atoms with Crippen molar-refractivity contribution in [2.75, 3.05) is 0 Å². The van der Waals surface area contributed by atoms with Crippen molar-refractivity contribution >= 4 is 6.29 Å². The molecule has 0 unspecified atom stereocenters. The molecule has 0 saturated carbocycles. The van der Waals surface area contributed by atoms with E-state index in [1.807, 2.05) is 0 Å². The zero-order valence-corrected chi connectivity index (χ0v) is 14.3. The molecule has 1 rings (SSSR count). The van der Waals surface area contributed by atoms with Gasteiger partial charge in [-0.15, -0.1) is 0 Å². The van der Waals surface area contributed by atoms with E-state index in [0.717, 1.165) is 6.29 Å². The van der Waals surface area contributed by atoms with Crippen molar-refractivity contribution in [3.05, 3.63) is 47.1 Å². The van der Waals surface area contributed by atoms with E-state index in [0.29, 0.717) is 17.8 Å². The Morgan fingerprint density at radius 3 is 2.71 bits per heavy atom. The van der Waals surface area contributed by atoms with E-state index >= 15 is 0 Å². The quantitative estimate of drug-likeness (QED) is 0.445. The fourth-order valence-electron chi connectivity index (χ4n) is 2.91. The summed E-state index contributed by atoms with van der Waals surface area (Å²) in [7, 11) is 0. The average Bonchev–Trinajstić information content (AvgIpc) is 2.37. The van der Waals surface area contributed by atoms with Crippen molar-refractivity contribution in [3.63, 3.8) is 0 Å². The first kappa shape index (κ1) is 17.7. The molecule has 0 aromatic rings. The van der Waals surface area contributed by atoms with Crippen LogP contribution in [0, 0.1) is 11.3 Å². The first-order chi connectivity index (χ1) is 9.86. The lowest BCUT2D eigenvalue weighted by Gasteiger charge is -2.32. The molecule has 0 saturated heterocycles. The lowest BCUT2D eigenvalue weighted by atomic mass is 9.72. The number of allylic oxidation sites excluding steroid dienone is 8. The van der Waals surface area contributed by atoms with Gasteiger partial charge in [-0.3, -0.25) is 0 Å². The molecule has 0 spiro atoms. The van der Waals surface area contributed by atoms with Gasteiger partial charge in [0, 0.05) is 6.42 Å². The van der Waals surface area contributed by atoms with Gasteiger partial charge < -0.3 is 4.79 Å². The van der Waals surface area contributed by atoms with Crippen LogP contribution in [0.3, 0.4) is 0 Å². The molecule has 0 bridgehead atoms. The molecule has 0 aromatic carbocycles. The topological polar surface area (TPSA) is 17.1 Å². The van der Waals surface area contributed by atoms with E-state index < -0.39 is 0 Å². The van der Waals surface area contributed by atoms with Gasteiger partial charge in [-0.25, -0.2) is 0 Å². The molecule has 1 atom stereocenters. The van der Waals surface area contributed by atoms with E-state index in [4.69, 9.17) is 0 Å². The molecule has 0 N–H and O–H groups in total. The van der Waals surface area contributed by atoms with Gasteiger partial charge in [0.1, 0.15) is 6.29 Å². The summed E-state index contributed by atoms with van der Waals surface area (Å²) in [4.78, 5) is 10.4. The highest BCUT2D eigenvalue weighted by molar-refractivity contribution is 5.50. The van der Waals surface area contributed by atoms with Gasteiger partial charge in [-0.05, 0) is 50.0 Å². The van der Waals surface area contributed by atoms with Gasteiger partial charge in [-0.1, -0.05) is 62.3 Å². The van der Waals surface area contributed by atoms with Gasteiger partial charge in [-0.2, -0.15) is 0 Å². The number of aldehydes is 1. The molecule has 116 valence electrons. The van der Waals surface area contributed by atoms with E-state index in [1.54, 1.807) is 0 Å². The second-order valence-electron chi connectivity index (χ2n) is 6.94. The summed E-state index contributed by atoms with van der Waals surface area (Å²) in [5.74, 6) is 0.317. The Labute approximate surface area is 130 Å². The van der Waals surface area contributed by atoms with Crippen molar-refractivity contribution in [1.82, 2.24) is 0 Å². The van der Waals surface area contributed by atoms with Crippen LogP contribution in [0.15, 0.2) is 47.1 Å². The first-order valence-electron chi connectivity index (χ1n) is 8.04. The van der Waals surface area contributed by atoms with Crippen LogP contribution in [-0.4, -0.2) is 6.29 Å². The highest BCUT2D eigenvalue weighted by atomic mass is 16.1. The summed E-state index contributed by atoms with van der Waals surface area (Å²) < 4.78 is 0. The molecule has 0 fully saturated rings. The zero-order chi connectivity index (χ0) is 15.9. The molecular formula is C20H30O. The fourth-order valence-corrected chi connectivity index (χ4v) is 2.91. The summed E-state index contributed by atoms with van der Waals surface area (Å²) >= 11 is 0. The number of hydrogen-bond acceptors (Lipinski definition) is 1. The van der Waals surface area contributed by atoms with Crippen molar-refractivity contribution in [1.29, 1.82) is 0 Å². The lowest BCUT2D eigenvalue weighted by Crippen LogP contribution is -2.19. The molecular weight excluding hydrogens is 256 g/mol. The van der Waals surface area contributed by atoms with Gasteiger partial charge in [0.25, 0.3) is 0 Å². The summed E-state index contributed by atoms with van der Waals surface area (Å²) in [6, 6.07) is 0. The third kappa shape index (κ3) is 5.87. The molecule has 0 aromatic heterocycles. The number of rotatable bonds is 6. The van der Waals surface area contributed by atoms with E-state index in [1.165, 1.54) is 36.0 Å². The molecule has 1 heteroatoms. The standard InChI is InChI=1S/C20H30O/c1-16(8-6-9-17(2)13-15-21)11-12-19-18(3)10-7-14-20(19,4)5/h6,8-9,11-12,15,17H,7,10,13-14H2,1-5H3/b9-6+,12-11+,16-8-/t17-/m0/s1. The maximum Gasteiger partial charge on any atom is 0.120 e. The zero-order valence-electron chi connectivity index (χ0n) is 14.3. The minimum absolute atomic E-state index is 0.299. The second kappa shape index (κ2) is 8.17. The minimum Gasteiger partial charge on any atom is -0.303 e. The first-order valence-corrected chi connectivity index (χ1v) is 8.04. The molecule has 1 aliphatic carbocycles. The van der Waals surface area contributed by atoms with E-state index in [9.17, 15) is 4.79 Å². The molecule has 1 aliphatic rings. The number of carbonyl (C=O) groups is 1. The maximum atomic E-state index is 10.4. The van der Waals surface area contributed by atoms with Crippen LogP contribution in [0.25, 0.3) is 0 Å². The Balaban J connectivity index is 2.73. The van der Waals surface area contributed by atoms with Crippen molar-refractivity contribution in [3.8, 4) is 0 Å². The molecule has 21 heavy (non-hydrogen) atoms. The van der Waals surface area contributed by atoms with Gasteiger partial charge in [0.15, 0.2) is 0 Å². The third-order valence-corrected chi connectivity index (χ3v) is 4.32. The Morgan fingerprint density at radius 2 is 2.10 bits per heavy atom. The van der Waals surface area contributed by atoms with Crippen molar-refractivity contribution in [2.24, 2.45) is 11.3 Å². The Kier molecular flexibility index (Phi) is 6.87. The summed E-state index contributed by atoms with van der Waals surface area (Å²) in [6.07, 6.45) is 16.1. The van der Waals surface area contributed by atoms with Crippen LogP contribution < -0.4 is 0 Å². The third-order valence-electron chi connectivity index (χ3n) is 4.32. The van der Waals surface area contributed by atoms with Crippen LogP contribution in [0.4, 0.5) is 0 Å². The van der Waals surface area contributed by atoms with Gasteiger partial charge in [0.2, 0.25) is 0 Å².